The van der Waals surface area contributed by atoms with E-state index in [1.54, 1.807) is 18.0 Å². The molecule has 1 amide bonds. The van der Waals surface area contributed by atoms with E-state index in [0.29, 0.717) is 36.7 Å². The fraction of sp³-hybridized carbons (Fsp3) is 0.551. The molecule has 3 aromatic carbocycles. The van der Waals surface area contributed by atoms with Crippen molar-refractivity contribution in [2.24, 2.45) is 28.3 Å². The molecule has 4 aliphatic rings. The Morgan fingerprint density at radius 1 is 0.983 bits per heavy atom. The van der Waals surface area contributed by atoms with Crippen LogP contribution in [0.15, 0.2) is 90.1 Å². The first-order valence-electron chi connectivity index (χ1n) is 22.0. The predicted molar refractivity (Wildman–Crippen MR) is 232 cm³/mol. The van der Waals surface area contributed by atoms with Crippen molar-refractivity contribution in [3.63, 3.8) is 0 Å². The lowest BCUT2D eigenvalue weighted by Gasteiger charge is -2.59. The van der Waals surface area contributed by atoms with E-state index in [-0.39, 0.29) is 56.0 Å². The van der Waals surface area contributed by atoms with Crippen LogP contribution < -0.4 is 9.47 Å². The number of hydrogen-bond donors (Lipinski definition) is 2. The quantitative estimate of drug-likeness (QED) is 0.0777. The minimum Gasteiger partial charge on any atom is -0.459 e. The zero-order chi connectivity index (χ0) is 42.3. The number of unbranched alkanes of at least 4 members (excludes halogenated alkanes) is 2. The van der Waals surface area contributed by atoms with Gasteiger partial charge in [0.15, 0.2) is 0 Å². The second-order valence-electron chi connectivity index (χ2n) is 18.0. The molecule has 1 saturated carbocycles. The molecule has 2 aliphatic carbocycles. The normalized spacial score (nSPS) is 26.6. The third kappa shape index (κ3) is 9.70. The van der Waals surface area contributed by atoms with Gasteiger partial charge in [0.2, 0.25) is 12.1 Å². The number of fused-ring (bicyclic) bond motifs is 3. The van der Waals surface area contributed by atoms with E-state index in [1.807, 2.05) is 51.1 Å². The summed E-state index contributed by atoms with van der Waals surface area (Å²) in [7, 11) is 1.75. The van der Waals surface area contributed by atoms with Crippen LogP contribution in [0.1, 0.15) is 96.5 Å². The summed E-state index contributed by atoms with van der Waals surface area (Å²) in [6, 6.07) is 19.6. The number of likely N-dealkylation sites (N-methyl/N-ethyl adjacent to an activating group) is 1. The van der Waals surface area contributed by atoms with Crippen LogP contribution >= 0.6 is 0 Å². The van der Waals surface area contributed by atoms with Crippen LogP contribution in [-0.4, -0.2) is 85.1 Å². The van der Waals surface area contributed by atoms with Gasteiger partial charge >= 0.3 is 6.09 Å². The Labute approximate surface area is 355 Å². The van der Waals surface area contributed by atoms with Gasteiger partial charge in [-0.25, -0.2) is 4.79 Å². The lowest BCUT2D eigenvalue weighted by molar-refractivity contribution is -0.254. The number of allylic oxidation sites excluding steroid dienone is 1. The molecule has 11 heteroatoms. The van der Waals surface area contributed by atoms with E-state index in [9.17, 15) is 15.0 Å². The molecule has 2 heterocycles. The van der Waals surface area contributed by atoms with Crippen LogP contribution in [0.4, 0.5) is 4.79 Å². The van der Waals surface area contributed by atoms with Crippen molar-refractivity contribution in [3.8, 4) is 17.2 Å². The summed E-state index contributed by atoms with van der Waals surface area (Å²) < 4.78 is 32.8. The Balaban J connectivity index is 1.39. The van der Waals surface area contributed by atoms with Gasteiger partial charge in [0, 0.05) is 44.6 Å². The number of ether oxygens (including phenoxy) is 5. The highest BCUT2D eigenvalue weighted by atomic mass is 16.8. The Bertz CT molecular complexity index is 2000. The molecule has 2 fully saturated rings. The van der Waals surface area contributed by atoms with Crippen LogP contribution in [-0.2, 0) is 19.0 Å². The lowest BCUT2D eigenvalue weighted by atomic mass is 9.55. The largest absolute Gasteiger partial charge is 0.459 e. The molecule has 0 radical (unpaired) electrons. The summed E-state index contributed by atoms with van der Waals surface area (Å²) in [5, 5.41) is 27.0. The highest BCUT2D eigenvalue weighted by Gasteiger charge is 2.65. The van der Waals surface area contributed by atoms with Crippen molar-refractivity contribution in [1.82, 2.24) is 4.90 Å². The Morgan fingerprint density at radius 2 is 1.73 bits per heavy atom. The summed E-state index contributed by atoms with van der Waals surface area (Å²) in [5.74, 6) is 0.230. The van der Waals surface area contributed by atoms with E-state index < -0.39 is 30.1 Å². The molecule has 0 bridgehead atoms. The van der Waals surface area contributed by atoms with Crippen LogP contribution in [0.5, 0.6) is 17.2 Å². The maximum Gasteiger partial charge on any atom is 0.410 e. The average Bonchev–Trinajstić information content (AvgIpc) is 3.25. The van der Waals surface area contributed by atoms with Crippen molar-refractivity contribution in [3.05, 3.63) is 90.5 Å². The molecule has 3 aromatic rings. The first-order valence-corrected chi connectivity index (χ1v) is 22.0. The summed E-state index contributed by atoms with van der Waals surface area (Å²) >= 11 is 0. The minimum absolute atomic E-state index is 0.0787. The zero-order valence-corrected chi connectivity index (χ0v) is 35.9. The van der Waals surface area contributed by atoms with Gasteiger partial charge in [-0.2, -0.15) is 0 Å². The predicted octanol–water partition coefficient (Wildman–Crippen LogP) is 9.91. The third-order valence-corrected chi connectivity index (χ3v) is 12.4. The van der Waals surface area contributed by atoms with Crippen LogP contribution in [0, 0.1) is 23.2 Å². The molecule has 7 atom stereocenters. The van der Waals surface area contributed by atoms with E-state index in [1.165, 1.54) is 0 Å². The molecule has 0 aromatic heterocycles. The number of rotatable bonds is 17. The highest BCUT2D eigenvalue weighted by molar-refractivity contribution is 6.03. The van der Waals surface area contributed by atoms with Gasteiger partial charge in [0.1, 0.15) is 23.3 Å². The summed E-state index contributed by atoms with van der Waals surface area (Å²) in [6.45, 7) is 11.4. The Kier molecular flexibility index (Phi) is 14.2. The number of benzene rings is 3. The maximum absolute atomic E-state index is 14.1. The monoisotopic (exact) mass is 824 g/mol. The fourth-order valence-corrected chi connectivity index (χ4v) is 9.58. The number of amides is 1. The molecular formula is C49H64N2O9. The molecule has 11 nitrogen and oxygen atoms in total. The van der Waals surface area contributed by atoms with E-state index in [2.05, 4.69) is 43.0 Å². The minimum atomic E-state index is -1.38. The topological polar surface area (TPSA) is 129 Å². The number of carbonyl (C=O) groups excluding carboxylic acids is 1. The number of nitrogens with zero attached hydrogens (tertiary/aromatic N) is 2. The van der Waals surface area contributed by atoms with Gasteiger partial charge in [0.05, 0.1) is 31.5 Å². The summed E-state index contributed by atoms with van der Waals surface area (Å²) in [5.41, 5.74) is 2.42. The fourth-order valence-electron chi connectivity index (χ4n) is 9.58. The standard InChI is InChI=1S/C49H64N2O9/c1-6-26-57-49-43(51(5)47(54)56-32-48(2,3)4)31-41(50-60-44-19-11-14-27-55-44)39-29-35(17-9-12-24-52)38(18-10-13-25-53)45(46(39)49)40-30-37(22-23-42(40)59-49)58-36-21-20-33-15-7-8-16-34(33)28-36/h6-8,15-16,20-23,28-30,35,38,43-46,52-53H,1,9-14,17-19,24-27,31-32H2,2-5H3/t35-,38+,43-,44?,45+,46+,49+/m0/s1. The third-order valence-electron chi connectivity index (χ3n) is 12.4. The smallest absolute Gasteiger partial charge is 0.410 e. The van der Waals surface area contributed by atoms with E-state index in [0.717, 1.165) is 72.6 Å². The van der Waals surface area contributed by atoms with Gasteiger partial charge in [0.25, 0.3) is 0 Å². The molecule has 0 spiro atoms. The molecule has 1 unspecified atom stereocenters. The van der Waals surface area contributed by atoms with Crippen molar-refractivity contribution < 1.29 is 43.5 Å². The van der Waals surface area contributed by atoms with Crippen LogP contribution in [0.25, 0.3) is 10.8 Å². The Hall–Kier alpha value is -4.42. The zero-order valence-electron chi connectivity index (χ0n) is 35.9. The average molecular weight is 825 g/mol. The van der Waals surface area contributed by atoms with E-state index in [4.69, 9.17) is 33.7 Å². The number of aliphatic hydroxyl groups excluding tert-OH is 2. The molecule has 2 aliphatic heterocycles. The lowest BCUT2D eigenvalue weighted by Crippen LogP contribution is -2.69. The molecule has 60 heavy (non-hydrogen) atoms. The van der Waals surface area contributed by atoms with Crippen LogP contribution in [0.2, 0.25) is 0 Å². The summed E-state index contributed by atoms with van der Waals surface area (Å²) in [6.07, 6.45) is 10.8. The number of oxime groups is 1. The van der Waals surface area contributed by atoms with Gasteiger partial charge in [-0.15, -0.1) is 6.58 Å². The van der Waals surface area contributed by atoms with Gasteiger partial charge < -0.3 is 43.6 Å². The van der Waals surface area contributed by atoms with Crippen LogP contribution in [0.3, 0.4) is 0 Å². The van der Waals surface area contributed by atoms with Gasteiger partial charge in [-0.05, 0) is 102 Å². The number of aliphatic hydroxyl groups is 2. The first kappa shape index (κ1) is 43.7. The SMILES string of the molecule is C=CCO[C@@]12Oc3ccc(Oc4ccc5ccccc5c4)cc3[C@H]3[C@H](CCCCO)[C@@H](CCCCO)C=C(C(=NOC4CCCCO4)C[C@@H]1N(C)C(=O)OCC(C)(C)C)[C@H]32. The molecule has 7 rings (SSSR count). The van der Waals surface area contributed by atoms with Crippen molar-refractivity contribution in [1.29, 1.82) is 0 Å². The van der Waals surface area contributed by atoms with Gasteiger partial charge in [-0.1, -0.05) is 81.3 Å². The Morgan fingerprint density at radius 3 is 2.47 bits per heavy atom. The van der Waals surface area contributed by atoms with Gasteiger partial charge in [-0.3, -0.25) is 0 Å². The second kappa shape index (κ2) is 19.5. The molecular weight excluding hydrogens is 761 g/mol. The van der Waals surface area contributed by atoms with Crippen molar-refractivity contribution in [2.45, 2.75) is 109 Å². The molecule has 1 saturated heterocycles. The molecule has 324 valence electrons. The number of carbonyl (C=O) groups is 1. The van der Waals surface area contributed by atoms with E-state index >= 15 is 0 Å². The maximum atomic E-state index is 14.1. The summed E-state index contributed by atoms with van der Waals surface area (Å²) in [4.78, 5) is 22.0. The number of hydrogen-bond acceptors (Lipinski definition) is 10. The van der Waals surface area contributed by atoms with Crippen molar-refractivity contribution >= 4 is 22.6 Å². The highest BCUT2D eigenvalue weighted by Crippen LogP contribution is 2.62. The second-order valence-corrected chi connectivity index (χ2v) is 18.0. The first-order chi connectivity index (χ1) is 29.0. The van der Waals surface area contributed by atoms with Crippen molar-refractivity contribution in [2.75, 3.05) is 40.1 Å². The molecule has 2 N–H and O–H groups in total.